The van der Waals surface area contributed by atoms with Gasteiger partial charge in [-0.05, 0) is 25.0 Å². The monoisotopic (exact) mass is 351 g/mol. The van der Waals surface area contributed by atoms with Crippen LogP contribution in [0.2, 0.25) is 5.02 Å². The second-order valence-corrected chi connectivity index (χ2v) is 6.32. The van der Waals surface area contributed by atoms with Crippen molar-refractivity contribution in [2.45, 2.75) is 31.7 Å². The summed E-state index contributed by atoms with van der Waals surface area (Å²) in [5.41, 5.74) is 2.63. The number of halogens is 2. The number of ether oxygens (including phenoxy) is 2. The zero-order valence-electron chi connectivity index (χ0n) is 13.6. The lowest BCUT2D eigenvalue weighted by Crippen LogP contribution is -2.41. The molecule has 3 atom stereocenters. The Morgan fingerprint density at radius 3 is 2.96 bits per heavy atom. The van der Waals surface area contributed by atoms with Crippen LogP contribution in [0.1, 0.15) is 23.1 Å². The molecule has 2 heterocycles. The Kier molecular flexibility index (Phi) is 5.04. The van der Waals surface area contributed by atoms with Crippen LogP contribution in [0, 0.1) is 18.3 Å². The molecule has 2 aliphatic heterocycles. The Morgan fingerprint density at radius 2 is 2.25 bits per heavy atom. The number of hydrogen-bond donors (Lipinski definition) is 0. The van der Waals surface area contributed by atoms with Crippen molar-refractivity contribution in [3.05, 3.63) is 33.8 Å². The van der Waals surface area contributed by atoms with Crippen LogP contribution in [0.3, 0.4) is 0 Å². The van der Waals surface area contributed by atoms with E-state index in [1.807, 2.05) is 6.92 Å². The standard InChI is InChI=1S/C17H19ClFN3O2/c1-10-12(4-3-11(9-20)14(10)18)15-17(24-8-7-23-2)16-13(19)5-6-22(16)21-15/h3-4,13,16-17H,5-8H2,1-2H3/t13-,16+,17?/m1/s1. The van der Waals surface area contributed by atoms with Crippen LogP contribution in [0.25, 0.3) is 0 Å². The van der Waals surface area contributed by atoms with Crippen LogP contribution in [0.15, 0.2) is 17.2 Å². The molecule has 0 N–H and O–H groups in total. The number of nitriles is 1. The molecular weight excluding hydrogens is 333 g/mol. The van der Waals surface area contributed by atoms with Gasteiger partial charge in [-0.3, -0.25) is 5.01 Å². The zero-order valence-corrected chi connectivity index (χ0v) is 14.4. The Bertz CT molecular complexity index is 704. The minimum atomic E-state index is -0.979. The Labute approximate surface area is 145 Å². The SMILES string of the molecule is COCCOC1C(c2ccc(C#N)c(Cl)c2C)=NN2CC[C@@H](F)[C@@H]12. The van der Waals surface area contributed by atoms with E-state index >= 15 is 0 Å². The fourth-order valence-corrected chi connectivity index (χ4v) is 3.48. The Morgan fingerprint density at radius 1 is 1.46 bits per heavy atom. The van der Waals surface area contributed by atoms with Gasteiger partial charge in [0.2, 0.25) is 0 Å². The summed E-state index contributed by atoms with van der Waals surface area (Å²) in [6.07, 6.45) is -0.994. The second-order valence-electron chi connectivity index (χ2n) is 5.94. The Hall–Kier alpha value is -1.68. The smallest absolute Gasteiger partial charge is 0.127 e. The van der Waals surface area contributed by atoms with Gasteiger partial charge >= 0.3 is 0 Å². The summed E-state index contributed by atoms with van der Waals surface area (Å²) in [6.45, 7) is 3.20. The molecule has 1 saturated heterocycles. The van der Waals surface area contributed by atoms with Crippen LogP contribution in [0.4, 0.5) is 4.39 Å². The first-order valence-corrected chi connectivity index (χ1v) is 8.25. The van der Waals surface area contributed by atoms with E-state index in [1.165, 1.54) is 0 Å². The van der Waals surface area contributed by atoms with Crippen LogP contribution < -0.4 is 0 Å². The van der Waals surface area contributed by atoms with E-state index in [0.717, 1.165) is 11.1 Å². The summed E-state index contributed by atoms with van der Waals surface area (Å²) < 4.78 is 25.3. The number of nitrogens with zero attached hydrogens (tertiary/aromatic N) is 3. The number of methoxy groups -OCH3 is 1. The maximum Gasteiger partial charge on any atom is 0.127 e. The topological polar surface area (TPSA) is 57.9 Å². The Balaban J connectivity index is 1.96. The molecule has 1 aromatic carbocycles. The lowest BCUT2D eigenvalue weighted by molar-refractivity contribution is 0.0103. The summed E-state index contributed by atoms with van der Waals surface area (Å²) in [4.78, 5) is 0. The van der Waals surface area contributed by atoms with Crippen LogP contribution in [-0.4, -0.2) is 55.9 Å². The molecule has 0 aliphatic carbocycles. The first kappa shape index (κ1) is 17.2. The van der Waals surface area contributed by atoms with Crippen molar-refractivity contribution in [1.29, 1.82) is 5.26 Å². The number of rotatable bonds is 5. The molecule has 2 aliphatic rings. The second kappa shape index (κ2) is 7.06. The summed E-state index contributed by atoms with van der Waals surface area (Å²) in [5, 5.41) is 15.9. The average Bonchev–Trinajstić information content (AvgIpc) is 3.11. The van der Waals surface area contributed by atoms with Crippen molar-refractivity contribution in [3.63, 3.8) is 0 Å². The van der Waals surface area contributed by atoms with E-state index in [0.29, 0.717) is 42.5 Å². The summed E-state index contributed by atoms with van der Waals surface area (Å²) >= 11 is 6.27. The molecule has 0 bridgehead atoms. The highest BCUT2D eigenvalue weighted by Gasteiger charge is 2.47. The van der Waals surface area contributed by atoms with Crippen LogP contribution >= 0.6 is 11.6 Å². The summed E-state index contributed by atoms with van der Waals surface area (Å²) in [7, 11) is 1.59. The number of hydrazone groups is 1. The van der Waals surface area contributed by atoms with Gasteiger partial charge in [0.25, 0.3) is 0 Å². The molecule has 0 radical (unpaired) electrons. The largest absolute Gasteiger partial charge is 0.382 e. The molecule has 3 rings (SSSR count). The van der Waals surface area contributed by atoms with Gasteiger partial charge in [0.15, 0.2) is 0 Å². The molecular formula is C17H19ClFN3O2. The maximum atomic E-state index is 14.3. The molecule has 24 heavy (non-hydrogen) atoms. The lowest BCUT2D eigenvalue weighted by Gasteiger charge is -2.23. The molecule has 0 spiro atoms. The number of alkyl halides is 1. The van der Waals surface area contributed by atoms with Gasteiger partial charge in [-0.2, -0.15) is 10.4 Å². The molecule has 0 aromatic heterocycles. The zero-order chi connectivity index (χ0) is 17.3. The van der Waals surface area contributed by atoms with Crippen molar-refractivity contribution in [2.24, 2.45) is 5.10 Å². The van der Waals surface area contributed by atoms with Gasteiger partial charge in [-0.1, -0.05) is 17.7 Å². The van der Waals surface area contributed by atoms with Crippen LogP contribution in [0.5, 0.6) is 0 Å². The van der Waals surface area contributed by atoms with Crippen molar-refractivity contribution in [1.82, 2.24) is 5.01 Å². The highest BCUT2D eigenvalue weighted by Crippen LogP contribution is 2.35. The van der Waals surface area contributed by atoms with Crippen molar-refractivity contribution in [3.8, 4) is 6.07 Å². The molecule has 128 valence electrons. The predicted octanol–water partition coefficient (Wildman–Crippen LogP) is 2.68. The number of benzene rings is 1. The third kappa shape index (κ3) is 2.88. The highest BCUT2D eigenvalue weighted by atomic mass is 35.5. The lowest BCUT2D eigenvalue weighted by atomic mass is 9.94. The van der Waals surface area contributed by atoms with Gasteiger partial charge in [0.1, 0.15) is 24.4 Å². The molecule has 1 unspecified atom stereocenters. The van der Waals surface area contributed by atoms with Gasteiger partial charge < -0.3 is 9.47 Å². The van der Waals surface area contributed by atoms with Crippen molar-refractivity contribution >= 4 is 17.3 Å². The number of hydrogen-bond acceptors (Lipinski definition) is 5. The van der Waals surface area contributed by atoms with E-state index in [-0.39, 0.29) is 0 Å². The quantitative estimate of drug-likeness (QED) is 0.765. The van der Waals surface area contributed by atoms with E-state index in [2.05, 4.69) is 11.2 Å². The summed E-state index contributed by atoms with van der Waals surface area (Å²) in [5.74, 6) is 0. The van der Waals surface area contributed by atoms with E-state index < -0.39 is 18.3 Å². The fraction of sp³-hybridized carbons (Fsp3) is 0.529. The minimum absolute atomic E-state index is 0.361. The van der Waals surface area contributed by atoms with Crippen molar-refractivity contribution in [2.75, 3.05) is 26.9 Å². The predicted molar refractivity (Wildman–Crippen MR) is 89.1 cm³/mol. The van der Waals surface area contributed by atoms with E-state index in [1.54, 1.807) is 24.3 Å². The third-order valence-electron chi connectivity index (χ3n) is 4.53. The third-order valence-corrected chi connectivity index (χ3v) is 5.02. The normalized spacial score (nSPS) is 25.5. The first-order chi connectivity index (χ1) is 11.6. The molecule has 7 heteroatoms. The van der Waals surface area contributed by atoms with E-state index in [4.69, 9.17) is 26.3 Å². The van der Waals surface area contributed by atoms with Crippen LogP contribution in [-0.2, 0) is 9.47 Å². The molecule has 1 aromatic rings. The fourth-order valence-electron chi connectivity index (χ4n) is 3.27. The molecule has 5 nitrogen and oxygen atoms in total. The molecule has 0 saturated carbocycles. The molecule has 0 amide bonds. The van der Waals surface area contributed by atoms with Gasteiger partial charge in [-0.25, -0.2) is 4.39 Å². The minimum Gasteiger partial charge on any atom is -0.382 e. The van der Waals surface area contributed by atoms with Crippen molar-refractivity contribution < 1.29 is 13.9 Å². The van der Waals surface area contributed by atoms with Gasteiger partial charge in [-0.15, -0.1) is 0 Å². The highest BCUT2D eigenvalue weighted by molar-refractivity contribution is 6.33. The molecule has 1 fully saturated rings. The maximum absolute atomic E-state index is 14.3. The summed E-state index contributed by atoms with van der Waals surface area (Å²) in [6, 6.07) is 5.12. The van der Waals surface area contributed by atoms with Gasteiger partial charge in [0.05, 0.1) is 29.5 Å². The van der Waals surface area contributed by atoms with E-state index in [9.17, 15) is 4.39 Å². The average molecular weight is 352 g/mol. The number of fused-ring (bicyclic) bond motifs is 1. The first-order valence-electron chi connectivity index (χ1n) is 7.87. The van der Waals surface area contributed by atoms with Gasteiger partial charge in [0, 0.05) is 19.2 Å².